The van der Waals surface area contributed by atoms with Crippen molar-refractivity contribution in [1.29, 1.82) is 0 Å². The van der Waals surface area contributed by atoms with Crippen LogP contribution in [-0.4, -0.2) is 23.5 Å². The van der Waals surface area contributed by atoms with E-state index in [4.69, 9.17) is 9.84 Å². The smallest absolute Gasteiger partial charge is 0.335 e. The Kier molecular flexibility index (Phi) is 4.94. The summed E-state index contributed by atoms with van der Waals surface area (Å²) in [7, 11) is 0. The second-order valence-electron chi connectivity index (χ2n) is 5.26. The Bertz CT molecular complexity index is 704. The van der Waals surface area contributed by atoms with Crippen molar-refractivity contribution < 1.29 is 19.4 Å². The maximum absolute atomic E-state index is 11.9. The number of ketones is 1. The number of carbonyl (C=O) groups excluding carboxylic acids is 1. The van der Waals surface area contributed by atoms with Crippen molar-refractivity contribution in [2.24, 2.45) is 0 Å². The molecule has 2 aromatic rings. The van der Waals surface area contributed by atoms with Gasteiger partial charge in [-0.2, -0.15) is 0 Å². The fourth-order valence-electron chi connectivity index (χ4n) is 2.06. The summed E-state index contributed by atoms with van der Waals surface area (Å²) < 4.78 is 5.49. The molecule has 22 heavy (non-hydrogen) atoms. The summed E-state index contributed by atoms with van der Waals surface area (Å²) in [6.07, 6.45) is 0.159. The summed E-state index contributed by atoms with van der Waals surface area (Å²) in [5, 5.41) is 8.93. The first-order valence-corrected chi connectivity index (χ1v) is 6.99. The first kappa shape index (κ1) is 15.8. The molecule has 1 N–H and O–H groups in total. The first-order valence-electron chi connectivity index (χ1n) is 6.99. The minimum absolute atomic E-state index is 0.0280. The first-order chi connectivity index (χ1) is 10.5. The lowest BCUT2D eigenvalue weighted by molar-refractivity contribution is -0.120. The fraction of sp³-hybridized carbons (Fsp3) is 0.222. The number of rotatable bonds is 6. The van der Waals surface area contributed by atoms with Gasteiger partial charge in [0.1, 0.15) is 12.4 Å². The number of ether oxygens (including phenoxy) is 1. The molecule has 0 aliphatic rings. The quantitative estimate of drug-likeness (QED) is 0.889. The van der Waals surface area contributed by atoms with Crippen molar-refractivity contribution in [2.75, 3.05) is 6.61 Å². The largest absolute Gasteiger partial charge is 0.486 e. The summed E-state index contributed by atoms with van der Waals surface area (Å²) in [4.78, 5) is 22.8. The van der Waals surface area contributed by atoms with Gasteiger partial charge in [-0.3, -0.25) is 4.79 Å². The molecule has 0 amide bonds. The lowest BCUT2D eigenvalue weighted by Gasteiger charge is -2.08. The van der Waals surface area contributed by atoms with Crippen LogP contribution in [0.5, 0.6) is 5.75 Å². The average molecular weight is 298 g/mol. The predicted octanol–water partition coefficient (Wildman–Crippen LogP) is 3.19. The molecule has 0 bridgehead atoms. The SMILES string of the molecule is Cc1ccc(OCC(=O)Cc2cccc(C(=O)O)c2)cc1C. The molecule has 4 heteroatoms. The summed E-state index contributed by atoms with van der Waals surface area (Å²) in [6.45, 7) is 3.97. The molecule has 0 heterocycles. The van der Waals surface area contributed by atoms with Crippen molar-refractivity contribution in [3.05, 3.63) is 64.7 Å². The van der Waals surface area contributed by atoms with Gasteiger partial charge in [-0.15, -0.1) is 0 Å². The Balaban J connectivity index is 1.94. The van der Waals surface area contributed by atoms with E-state index in [0.29, 0.717) is 11.3 Å². The molecule has 0 aliphatic heterocycles. The molecule has 0 atom stereocenters. The molecule has 0 radical (unpaired) electrons. The average Bonchev–Trinajstić information content (AvgIpc) is 2.49. The second-order valence-corrected chi connectivity index (χ2v) is 5.26. The Labute approximate surface area is 129 Å². The van der Waals surface area contributed by atoms with Crippen LogP contribution in [0.2, 0.25) is 0 Å². The van der Waals surface area contributed by atoms with Crippen LogP contribution in [0.15, 0.2) is 42.5 Å². The monoisotopic (exact) mass is 298 g/mol. The van der Waals surface area contributed by atoms with Crippen molar-refractivity contribution in [2.45, 2.75) is 20.3 Å². The van der Waals surface area contributed by atoms with E-state index in [1.165, 1.54) is 17.7 Å². The van der Waals surface area contributed by atoms with Gasteiger partial charge in [0, 0.05) is 6.42 Å². The molecular weight excluding hydrogens is 280 g/mol. The summed E-state index contributed by atoms with van der Waals surface area (Å²) in [5.41, 5.74) is 3.14. The number of aryl methyl sites for hydroxylation is 2. The number of aromatic carboxylic acids is 1. The molecule has 0 saturated heterocycles. The molecule has 0 spiro atoms. The summed E-state index contributed by atoms with van der Waals surface area (Å²) in [5.74, 6) is -0.433. The Morgan fingerprint density at radius 1 is 1.05 bits per heavy atom. The molecule has 2 rings (SSSR count). The topological polar surface area (TPSA) is 63.6 Å². The molecule has 0 saturated carbocycles. The number of benzene rings is 2. The van der Waals surface area contributed by atoms with Crippen LogP contribution >= 0.6 is 0 Å². The normalized spacial score (nSPS) is 10.3. The van der Waals surface area contributed by atoms with Crippen LogP contribution in [-0.2, 0) is 11.2 Å². The van der Waals surface area contributed by atoms with Crippen LogP contribution in [0.4, 0.5) is 0 Å². The molecule has 0 aromatic heterocycles. The Hall–Kier alpha value is -2.62. The van der Waals surface area contributed by atoms with Crippen LogP contribution in [0.1, 0.15) is 27.0 Å². The highest BCUT2D eigenvalue weighted by Crippen LogP contribution is 2.16. The number of hydrogen-bond donors (Lipinski definition) is 1. The number of carboxylic acid groups (broad SMARTS) is 1. The van der Waals surface area contributed by atoms with Crippen molar-refractivity contribution in [3.63, 3.8) is 0 Å². The molecule has 0 aliphatic carbocycles. The molecule has 114 valence electrons. The third-order valence-corrected chi connectivity index (χ3v) is 3.45. The van der Waals surface area contributed by atoms with Gasteiger partial charge in [-0.1, -0.05) is 18.2 Å². The molecule has 4 nitrogen and oxygen atoms in total. The van der Waals surface area contributed by atoms with E-state index in [1.54, 1.807) is 12.1 Å². The van der Waals surface area contributed by atoms with Crippen molar-refractivity contribution in [1.82, 2.24) is 0 Å². The minimum Gasteiger partial charge on any atom is -0.486 e. The van der Waals surface area contributed by atoms with Gasteiger partial charge < -0.3 is 9.84 Å². The van der Waals surface area contributed by atoms with E-state index in [2.05, 4.69) is 0 Å². The van der Waals surface area contributed by atoms with Gasteiger partial charge in [-0.25, -0.2) is 4.79 Å². The van der Waals surface area contributed by atoms with E-state index in [0.717, 1.165) is 5.56 Å². The highest BCUT2D eigenvalue weighted by Gasteiger charge is 2.08. The van der Waals surface area contributed by atoms with Crippen LogP contribution in [0.25, 0.3) is 0 Å². The van der Waals surface area contributed by atoms with E-state index >= 15 is 0 Å². The van der Waals surface area contributed by atoms with Crippen molar-refractivity contribution in [3.8, 4) is 5.75 Å². The minimum atomic E-state index is -0.999. The standard InChI is InChI=1S/C18H18O4/c1-12-6-7-17(8-13(12)2)22-11-16(19)10-14-4-3-5-15(9-14)18(20)21/h3-9H,10-11H2,1-2H3,(H,20,21). The highest BCUT2D eigenvalue weighted by molar-refractivity contribution is 5.88. The van der Waals surface area contributed by atoms with Gasteiger partial charge in [0.15, 0.2) is 5.78 Å². The van der Waals surface area contributed by atoms with E-state index in [-0.39, 0.29) is 24.4 Å². The third kappa shape index (κ3) is 4.19. The van der Waals surface area contributed by atoms with Gasteiger partial charge in [0.2, 0.25) is 0 Å². The predicted molar refractivity (Wildman–Crippen MR) is 83.5 cm³/mol. The van der Waals surface area contributed by atoms with E-state index in [9.17, 15) is 9.59 Å². The van der Waals surface area contributed by atoms with Crippen LogP contribution < -0.4 is 4.74 Å². The maximum atomic E-state index is 11.9. The Morgan fingerprint density at radius 2 is 1.82 bits per heavy atom. The number of carbonyl (C=O) groups is 2. The lowest BCUT2D eigenvalue weighted by Crippen LogP contribution is -2.14. The van der Waals surface area contributed by atoms with Crippen LogP contribution in [0, 0.1) is 13.8 Å². The summed E-state index contributed by atoms with van der Waals surface area (Å²) >= 11 is 0. The molecule has 2 aromatic carbocycles. The highest BCUT2D eigenvalue weighted by atomic mass is 16.5. The maximum Gasteiger partial charge on any atom is 0.335 e. The number of carboxylic acids is 1. The van der Waals surface area contributed by atoms with Crippen LogP contribution in [0.3, 0.4) is 0 Å². The van der Waals surface area contributed by atoms with E-state index in [1.807, 2.05) is 32.0 Å². The zero-order chi connectivity index (χ0) is 16.1. The molecule has 0 fully saturated rings. The Morgan fingerprint density at radius 3 is 2.50 bits per heavy atom. The van der Waals surface area contributed by atoms with Gasteiger partial charge in [0.25, 0.3) is 0 Å². The molecular formula is C18H18O4. The zero-order valence-corrected chi connectivity index (χ0v) is 12.6. The van der Waals surface area contributed by atoms with Gasteiger partial charge >= 0.3 is 5.97 Å². The number of hydrogen-bond acceptors (Lipinski definition) is 3. The number of Topliss-reactive ketones (excluding diaryl/α,β-unsaturated/α-hetero) is 1. The molecule has 0 unspecified atom stereocenters. The summed E-state index contributed by atoms with van der Waals surface area (Å²) in [6, 6.07) is 12.1. The van der Waals surface area contributed by atoms with Gasteiger partial charge in [-0.05, 0) is 54.8 Å². The fourth-order valence-corrected chi connectivity index (χ4v) is 2.06. The second kappa shape index (κ2) is 6.89. The zero-order valence-electron chi connectivity index (χ0n) is 12.6. The van der Waals surface area contributed by atoms with Crippen molar-refractivity contribution >= 4 is 11.8 Å². The van der Waals surface area contributed by atoms with Gasteiger partial charge in [0.05, 0.1) is 5.56 Å². The lowest BCUT2D eigenvalue weighted by atomic mass is 10.1. The van der Waals surface area contributed by atoms with E-state index < -0.39 is 5.97 Å². The third-order valence-electron chi connectivity index (χ3n) is 3.45.